The van der Waals surface area contributed by atoms with Gasteiger partial charge >= 0.3 is 12.1 Å². The van der Waals surface area contributed by atoms with Crippen LogP contribution in [-0.4, -0.2) is 96.3 Å². The van der Waals surface area contributed by atoms with E-state index in [0.717, 1.165) is 9.87 Å². The Hall–Kier alpha value is -3.97. The van der Waals surface area contributed by atoms with Crippen molar-refractivity contribution in [3.63, 3.8) is 0 Å². The summed E-state index contributed by atoms with van der Waals surface area (Å²) in [7, 11) is -3.93. The van der Waals surface area contributed by atoms with E-state index in [1.807, 2.05) is 6.92 Å². The van der Waals surface area contributed by atoms with Gasteiger partial charge in [-0.25, -0.2) is 18.0 Å². The Bertz CT molecular complexity index is 1390. The summed E-state index contributed by atoms with van der Waals surface area (Å²) in [5.74, 6) is -1.70. The summed E-state index contributed by atoms with van der Waals surface area (Å²) in [5, 5.41) is 12.3. The summed E-state index contributed by atoms with van der Waals surface area (Å²) >= 11 is 0. The van der Waals surface area contributed by atoms with Crippen LogP contribution in [0.3, 0.4) is 0 Å². The van der Waals surface area contributed by atoms with Crippen LogP contribution in [0.25, 0.3) is 0 Å². The molecular weight excluding hydrogens is 552 g/mol. The number of rotatable bonds is 8. The second-order valence-corrected chi connectivity index (χ2v) is 12.1. The third-order valence-electron chi connectivity index (χ3n) is 7.30. The van der Waals surface area contributed by atoms with Gasteiger partial charge < -0.3 is 25.0 Å². The van der Waals surface area contributed by atoms with Crippen molar-refractivity contribution >= 4 is 33.9 Å². The summed E-state index contributed by atoms with van der Waals surface area (Å²) in [4.78, 5) is 52.3. The van der Waals surface area contributed by atoms with Crippen LogP contribution in [0.2, 0.25) is 0 Å². The van der Waals surface area contributed by atoms with Crippen LogP contribution in [0.4, 0.5) is 4.79 Å². The summed E-state index contributed by atoms with van der Waals surface area (Å²) in [6.45, 7) is 5.08. The lowest BCUT2D eigenvalue weighted by molar-refractivity contribution is -0.142. The van der Waals surface area contributed by atoms with E-state index in [-0.39, 0.29) is 35.9 Å². The van der Waals surface area contributed by atoms with Crippen molar-refractivity contribution in [2.75, 3.05) is 32.7 Å². The number of carbonyl (C=O) groups is 4. The minimum Gasteiger partial charge on any atom is -0.480 e. The first-order chi connectivity index (χ1) is 19.5. The van der Waals surface area contributed by atoms with Gasteiger partial charge in [0, 0.05) is 46.1 Å². The maximum Gasteiger partial charge on any atom is 0.415 e. The van der Waals surface area contributed by atoms with E-state index in [2.05, 4.69) is 5.32 Å². The Balaban J connectivity index is 1.35. The molecule has 0 aliphatic carbocycles. The molecule has 2 heterocycles. The van der Waals surface area contributed by atoms with Gasteiger partial charge in [0.05, 0.1) is 4.90 Å². The van der Waals surface area contributed by atoms with E-state index < -0.39 is 40.1 Å². The zero-order chi connectivity index (χ0) is 29.7. The fourth-order valence-electron chi connectivity index (χ4n) is 4.90. The maximum absolute atomic E-state index is 13.2. The first-order valence-electron chi connectivity index (χ1n) is 13.4. The Kier molecular flexibility index (Phi) is 9.28. The van der Waals surface area contributed by atoms with Gasteiger partial charge in [-0.2, -0.15) is 4.31 Å². The Morgan fingerprint density at radius 2 is 1.56 bits per heavy atom. The van der Waals surface area contributed by atoms with E-state index >= 15 is 0 Å². The molecule has 13 heteroatoms. The second-order valence-electron chi connectivity index (χ2n) is 10.2. The lowest BCUT2D eigenvalue weighted by Gasteiger charge is -2.33. The van der Waals surface area contributed by atoms with Gasteiger partial charge in [0.15, 0.2) is 0 Å². The van der Waals surface area contributed by atoms with Crippen molar-refractivity contribution in [3.8, 4) is 5.75 Å². The average Bonchev–Trinajstić information content (AvgIpc) is 3.45. The van der Waals surface area contributed by atoms with E-state index in [1.54, 1.807) is 29.2 Å². The topological polar surface area (TPSA) is 154 Å². The number of hydrogen-bond acceptors (Lipinski definition) is 7. The van der Waals surface area contributed by atoms with Crippen molar-refractivity contribution in [1.29, 1.82) is 0 Å². The summed E-state index contributed by atoms with van der Waals surface area (Å²) < 4.78 is 32.9. The lowest BCUT2D eigenvalue weighted by Crippen LogP contribution is -2.51. The van der Waals surface area contributed by atoms with Crippen molar-refractivity contribution in [1.82, 2.24) is 19.4 Å². The molecule has 2 N–H and O–H groups in total. The zero-order valence-electron chi connectivity index (χ0n) is 23.0. The number of amides is 3. The number of carboxylic acids is 1. The van der Waals surface area contributed by atoms with E-state index in [1.165, 1.54) is 36.1 Å². The van der Waals surface area contributed by atoms with Crippen LogP contribution in [-0.2, 0) is 30.8 Å². The highest BCUT2D eigenvalue weighted by Gasteiger charge is 2.40. The van der Waals surface area contributed by atoms with Crippen LogP contribution in [0.5, 0.6) is 5.75 Å². The number of carbonyl (C=O) groups excluding carboxylic acids is 3. The molecule has 0 unspecified atom stereocenters. The molecule has 41 heavy (non-hydrogen) atoms. The van der Waals surface area contributed by atoms with Gasteiger partial charge in [-0.15, -0.1) is 0 Å². The molecule has 2 aromatic rings. The Labute approximate surface area is 238 Å². The molecule has 4 rings (SSSR count). The Morgan fingerprint density at radius 3 is 2.15 bits per heavy atom. The van der Waals surface area contributed by atoms with E-state index in [0.29, 0.717) is 38.2 Å². The number of nitrogens with one attached hydrogen (secondary N) is 1. The minimum atomic E-state index is -3.93. The quantitative estimate of drug-likeness (QED) is 0.473. The van der Waals surface area contributed by atoms with Gasteiger partial charge in [-0.3, -0.25) is 9.59 Å². The van der Waals surface area contributed by atoms with Crippen molar-refractivity contribution in [2.45, 2.75) is 50.1 Å². The number of aryl methyl sites for hydroxylation is 1. The molecule has 0 bridgehead atoms. The molecular formula is C28H34N4O8S. The van der Waals surface area contributed by atoms with Crippen LogP contribution in [0.1, 0.15) is 30.9 Å². The summed E-state index contributed by atoms with van der Waals surface area (Å²) in [6.07, 6.45) is 0.166. The van der Waals surface area contributed by atoms with Gasteiger partial charge in [0.2, 0.25) is 21.8 Å². The standard InChI is InChI=1S/C28H34N4O8S/c1-19-5-11-23(12-6-19)41(38,39)32-13-3-4-25(32)26(34)29-24(27(35)36)18-21-7-9-22(10-8-21)40-28(37)31-16-14-30(15-17-31)20(2)33/h5-12,24-25H,3-4,13-18H2,1-2H3,(H,29,34)(H,35,36)/t24-,25-/m0/s1. The predicted octanol–water partition coefficient (Wildman–Crippen LogP) is 1.62. The van der Waals surface area contributed by atoms with E-state index in [4.69, 9.17) is 4.74 Å². The van der Waals surface area contributed by atoms with Crippen molar-refractivity contribution < 1.29 is 37.4 Å². The first kappa shape index (κ1) is 30.0. The third-order valence-corrected chi connectivity index (χ3v) is 9.22. The highest BCUT2D eigenvalue weighted by molar-refractivity contribution is 7.89. The molecule has 0 spiro atoms. The molecule has 2 aromatic carbocycles. The number of piperazine rings is 1. The van der Waals surface area contributed by atoms with Crippen molar-refractivity contribution in [3.05, 3.63) is 59.7 Å². The maximum atomic E-state index is 13.2. The molecule has 3 amide bonds. The smallest absolute Gasteiger partial charge is 0.415 e. The number of carboxylic acid groups (broad SMARTS) is 1. The molecule has 2 atom stereocenters. The molecule has 0 saturated carbocycles. The number of ether oxygens (including phenoxy) is 1. The molecule has 2 fully saturated rings. The highest BCUT2D eigenvalue weighted by atomic mass is 32.2. The fourth-order valence-corrected chi connectivity index (χ4v) is 6.56. The highest BCUT2D eigenvalue weighted by Crippen LogP contribution is 2.27. The fraction of sp³-hybridized carbons (Fsp3) is 0.429. The van der Waals surface area contributed by atoms with Gasteiger partial charge in [0.1, 0.15) is 17.8 Å². The number of benzene rings is 2. The van der Waals surface area contributed by atoms with Crippen LogP contribution in [0, 0.1) is 6.92 Å². The molecule has 2 aliphatic heterocycles. The molecule has 220 valence electrons. The summed E-state index contributed by atoms with van der Waals surface area (Å²) in [5.41, 5.74) is 1.47. The number of nitrogens with zero attached hydrogens (tertiary/aromatic N) is 3. The van der Waals surface area contributed by atoms with E-state index in [9.17, 15) is 32.7 Å². The van der Waals surface area contributed by atoms with Gasteiger partial charge in [-0.1, -0.05) is 29.8 Å². The number of sulfonamides is 1. The first-order valence-corrected chi connectivity index (χ1v) is 14.8. The third kappa shape index (κ3) is 7.22. The van der Waals surface area contributed by atoms with Crippen LogP contribution >= 0.6 is 0 Å². The van der Waals surface area contributed by atoms with Gasteiger partial charge in [0.25, 0.3) is 0 Å². The van der Waals surface area contributed by atoms with Crippen LogP contribution in [0.15, 0.2) is 53.4 Å². The molecule has 0 aromatic heterocycles. The van der Waals surface area contributed by atoms with Crippen LogP contribution < -0.4 is 10.1 Å². The SMILES string of the molecule is CC(=O)N1CCN(C(=O)Oc2ccc(C[C@H](NC(=O)[C@@H]3CCCN3S(=O)(=O)c3ccc(C)cc3)C(=O)O)cc2)CC1. The normalized spacial score (nSPS) is 18.5. The zero-order valence-corrected chi connectivity index (χ0v) is 23.8. The Morgan fingerprint density at radius 1 is 0.951 bits per heavy atom. The number of aliphatic carboxylic acids is 1. The van der Waals surface area contributed by atoms with Gasteiger partial charge in [-0.05, 0) is 49.6 Å². The molecule has 2 aliphatic rings. The summed E-state index contributed by atoms with van der Waals surface area (Å²) in [6, 6.07) is 10.3. The lowest BCUT2D eigenvalue weighted by atomic mass is 10.1. The minimum absolute atomic E-state index is 0.0442. The molecule has 2 saturated heterocycles. The largest absolute Gasteiger partial charge is 0.480 e. The number of hydrogen-bond donors (Lipinski definition) is 2. The predicted molar refractivity (Wildman–Crippen MR) is 148 cm³/mol. The second kappa shape index (κ2) is 12.7. The van der Waals surface area contributed by atoms with Crippen molar-refractivity contribution in [2.24, 2.45) is 0 Å². The molecule has 12 nitrogen and oxygen atoms in total. The average molecular weight is 587 g/mol. The molecule has 0 radical (unpaired) electrons. The monoisotopic (exact) mass is 586 g/mol.